The SMILES string of the molecule is N#Cc1cc(Cl)c2c(c1)CCC2NS(N)(=O)=O. The molecule has 0 amide bonds. The molecular formula is C10H10ClN3O2S. The summed E-state index contributed by atoms with van der Waals surface area (Å²) in [6.07, 6.45) is 1.28. The Balaban J connectivity index is 2.43. The van der Waals surface area contributed by atoms with Crippen molar-refractivity contribution in [3.05, 3.63) is 33.8 Å². The first-order valence-corrected chi connectivity index (χ1v) is 6.85. The van der Waals surface area contributed by atoms with Gasteiger partial charge in [-0.25, -0.2) is 5.14 Å². The van der Waals surface area contributed by atoms with Crippen LogP contribution in [0.2, 0.25) is 5.02 Å². The molecule has 2 rings (SSSR count). The molecule has 0 spiro atoms. The molecule has 0 saturated carbocycles. The molecule has 1 aromatic carbocycles. The Kier molecular flexibility index (Phi) is 3.10. The molecule has 1 aromatic rings. The fraction of sp³-hybridized carbons (Fsp3) is 0.300. The summed E-state index contributed by atoms with van der Waals surface area (Å²) in [4.78, 5) is 0. The molecule has 90 valence electrons. The van der Waals surface area contributed by atoms with E-state index in [0.29, 0.717) is 23.4 Å². The van der Waals surface area contributed by atoms with Crippen molar-refractivity contribution in [3.8, 4) is 6.07 Å². The van der Waals surface area contributed by atoms with Gasteiger partial charge >= 0.3 is 0 Å². The second-order valence-electron chi connectivity index (χ2n) is 3.90. The number of rotatable bonds is 2. The number of hydrogen-bond acceptors (Lipinski definition) is 3. The molecule has 5 nitrogen and oxygen atoms in total. The van der Waals surface area contributed by atoms with Gasteiger partial charge in [0, 0.05) is 11.1 Å². The van der Waals surface area contributed by atoms with Crippen molar-refractivity contribution < 1.29 is 8.42 Å². The third-order valence-electron chi connectivity index (χ3n) is 2.70. The average molecular weight is 272 g/mol. The Labute approximate surface area is 104 Å². The molecule has 0 aliphatic heterocycles. The van der Waals surface area contributed by atoms with E-state index in [1.165, 1.54) is 6.07 Å². The maximum atomic E-state index is 11.0. The molecule has 0 saturated heterocycles. The van der Waals surface area contributed by atoms with Gasteiger partial charge in [-0.3, -0.25) is 0 Å². The largest absolute Gasteiger partial charge is 0.274 e. The number of nitrogens with one attached hydrogen (secondary N) is 1. The van der Waals surface area contributed by atoms with Crippen LogP contribution in [0.15, 0.2) is 12.1 Å². The minimum absolute atomic E-state index is 0.401. The van der Waals surface area contributed by atoms with Crippen molar-refractivity contribution in [2.24, 2.45) is 5.14 Å². The molecule has 0 radical (unpaired) electrons. The highest BCUT2D eigenvalue weighted by molar-refractivity contribution is 7.87. The molecule has 7 heteroatoms. The van der Waals surface area contributed by atoms with Crippen molar-refractivity contribution in [3.63, 3.8) is 0 Å². The van der Waals surface area contributed by atoms with Crippen LogP contribution in [0, 0.1) is 11.3 Å². The van der Waals surface area contributed by atoms with Gasteiger partial charge in [-0.2, -0.15) is 18.4 Å². The number of nitrogens with zero attached hydrogens (tertiary/aromatic N) is 1. The number of nitriles is 1. The lowest BCUT2D eigenvalue weighted by Gasteiger charge is -2.13. The van der Waals surface area contributed by atoms with Crippen LogP contribution in [0.3, 0.4) is 0 Å². The summed E-state index contributed by atoms with van der Waals surface area (Å²) >= 11 is 6.05. The van der Waals surface area contributed by atoms with Crippen LogP contribution in [0.5, 0.6) is 0 Å². The predicted molar refractivity (Wildman–Crippen MR) is 63.5 cm³/mol. The van der Waals surface area contributed by atoms with Crippen LogP contribution in [0.25, 0.3) is 0 Å². The third-order valence-corrected chi connectivity index (χ3v) is 3.63. The number of fused-ring (bicyclic) bond motifs is 1. The van der Waals surface area contributed by atoms with Crippen molar-refractivity contribution in [2.75, 3.05) is 0 Å². The maximum Gasteiger partial charge on any atom is 0.274 e. The quantitative estimate of drug-likeness (QED) is 0.839. The van der Waals surface area contributed by atoms with Gasteiger partial charge in [0.05, 0.1) is 11.6 Å². The third kappa shape index (κ3) is 2.58. The number of halogens is 1. The molecule has 17 heavy (non-hydrogen) atoms. The van der Waals surface area contributed by atoms with Crippen molar-refractivity contribution >= 4 is 21.8 Å². The first kappa shape index (κ1) is 12.3. The van der Waals surface area contributed by atoms with Gasteiger partial charge in [-0.1, -0.05) is 11.6 Å². The summed E-state index contributed by atoms with van der Waals surface area (Å²) in [5.41, 5.74) is 2.10. The Morgan fingerprint density at radius 3 is 2.82 bits per heavy atom. The Morgan fingerprint density at radius 1 is 1.53 bits per heavy atom. The highest BCUT2D eigenvalue weighted by atomic mass is 35.5. The Bertz CT molecular complexity index is 607. The zero-order chi connectivity index (χ0) is 12.6. The lowest BCUT2D eigenvalue weighted by Crippen LogP contribution is -2.33. The van der Waals surface area contributed by atoms with Gasteiger partial charge in [0.1, 0.15) is 0 Å². The zero-order valence-corrected chi connectivity index (χ0v) is 10.3. The first-order chi connectivity index (χ1) is 7.90. The normalized spacial score (nSPS) is 18.8. The van der Waals surface area contributed by atoms with E-state index in [-0.39, 0.29) is 0 Å². The van der Waals surface area contributed by atoms with Crippen LogP contribution in [0.4, 0.5) is 0 Å². The van der Waals surface area contributed by atoms with Crippen LogP contribution >= 0.6 is 11.6 Å². The number of hydrogen-bond donors (Lipinski definition) is 2. The van der Waals surface area contributed by atoms with Gasteiger partial charge in [0.25, 0.3) is 10.2 Å². The van der Waals surface area contributed by atoms with Gasteiger partial charge in [0.2, 0.25) is 0 Å². The van der Waals surface area contributed by atoms with Crippen LogP contribution in [0.1, 0.15) is 29.2 Å². The lowest BCUT2D eigenvalue weighted by atomic mass is 10.1. The van der Waals surface area contributed by atoms with Gasteiger partial charge in [-0.15, -0.1) is 0 Å². The fourth-order valence-electron chi connectivity index (χ4n) is 2.10. The Morgan fingerprint density at radius 2 is 2.24 bits per heavy atom. The second kappa shape index (κ2) is 4.27. The standard InChI is InChI=1S/C10H10ClN3O2S/c11-8-4-6(5-12)3-7-1-2-9(10(7)8)14-17(13,15)16/h3-4,9,14H,1-2H2,(H2,13,15,16). The number of nitrogens with two attached hydrogens (primary N) is 1. The summed E-state index contributed by atoms with van der Waals surface area (Å²) in [5.74, 6) is 0. The number of benzene rings is 1. The van der Waals surface area contributed by atoms with E-state index in [0.717, 1.165) is 11.1 Å². The highest BCUT2D eigenvalue weighted by Crippen LogP contribution is 2.37. The maximum absolute atomic E-state index is 11.0. The molecule has 1 unspecified atom stereocenters. The summed E-state index contributed by atoms with van der Waals surface area (Å²) in [5, 5.41) is 14.2. The summed E-state index contributed by atoms with van der Waals surface area (Å²) in [6.45, 7) is 0. The molecule has 1 aliphatic rings. The van der Waals surface area contributed by atoms with Crippen molar-refractivity contribution in [1.29, 1.82) is 5.26 Å². The minimum atomic E-state index is -3.76. The van der Waals surface area contributed by atoms with E-state index in [1.54, 1.807) is 6.07 Å². The topological polar surface area (TPSA) is 96.0 Å². The van der Waals surface area contributed by atoms with E-state index >= 15 is 0 Å². The lowest BCUT2D eigenvalue weighted by molar-refractivity contribution is 0.556. The zero-order valence-electron chi connectivity index (χ0n) is 8.77. The summed E-state index contributed by atoms with van der Waals surface area (Å²) in [7, 11) is -3.76. The van der Waals surface area contributed by atoms with E-state index in [4.69, 9.17) is 22.0 Å². The van der Waals surface area contributed by atoms with Crippen molar-refractivity contribution in [2.45, 2.75) is 18.9 Å². The number of aryl methyl sites for hydroxylation is 1. The van der Waals surface area contributed by atoms with E-state index in [9.17, 15) is 8.42 Å². The second-order valence-corrected chi connectivity index (χ2v) is 5.63. The molecule has 0 aromatic heterocycles. The predicted octanol–water partition coefficient (Wildman–Crippen LogP) is 0.992. The molecule has 0 bridgehead atoms. The van der Waals surface area contributed by atoms with Gasteiger partial charge in [0.15, 0.2) is 0 Å². The van der Waals surface area contributed by atoms with Crippen LogP contribution in [-0.2, 0) is 16.6 Å². The Hall–Kier alpha value is -1.13. The monoisotopic (exact) mass is 271 g/mol. The summed E-state index contributed by atoms with van der Waals surface area (Å²) in [6, 6.07) is 4.87. The molecule has 3 N–H and O–H groups in total. The van der Waals surface area contributed by atoms with Crippen LogP contribution in [-0.4, -0.2) is 8.42 Å². The molecular weight excluding hydrogens is 262 g/mol. The molecule has 1 aliphatic carbocycles. The van der Waals surface area contributed by atoms with E-state index < -0.39 is 16.3 Å². The summed E-state index contributed by atoms with van der Waals surface area (Å²) < 4.78 is 24.3. The van der Waals surface area contributed by atoms with Gasteiger partial charge in [-0.05, 0) is 36.1 Å². The van der Waals surface area contributed by atoms with Crippen molar-refractivity contribution in [1.82, 2.24) is 4.72 Å². The molecule has 0 fully saturated rings. The first-order valence-electron chi connectivity index (χ1n) is 4.93. The van der Waals surface area contributed by atoms with E-state index in [2.05, 4.69) is 4.72 Å². The molecule has 1 atom stereocenters. The van der Waals surface area contributed by atoms with Gasteiger partial charge < -0.3 is 0 Å². The highest BCUT2D eigenvalue weighted by Gasteiger charge is 2.28. The average Bonchev–Trinajstić information content (AvgIpc) is 2.59. The van der Waals surface area contributed by atoms with E-state index in [1.807, 2.05) is 6.07 Å². The molecule has 0 heterocycles. The minimum Gasteiger partial charge on any atom is -0.216 e. The van der Waals surface area contributed by atoms with Crippen LogP contribution < -0.4 is 9.86 Å². The fourth-order valence-corrected chi connectivity index (χ4v) is 3.10. The smallest absolute Gasteiger partial charge is 0.216 e.